The molecule has 0 aliphatic heterocycles. The van der Waals surface area contributed by atoms with Crippen LogP contribution < -0.4 is 5.32 Å². The van der Waals surface area contributed by atoms with Crippen molar-refractivity contribution in [3.63, 3.8) is 0 Å². The molecule has 1 N–H and O–H groups in total. The van der Waals surface area contributed by atoms with Crippen LogP contribution in [-0.4, -0.2) is 17.3 Å². The molecule has 0 bridgehead atoms. The zero-order valence-electron chi connectivity index (χ0n) is 8.63. The molecular weight excluding hydrogens is 230 g/mol. The van der Waals surface area contributed by atoms with E-state index in [1.807, 2.05) is 18.4 Å². The van der Waals surface area contributed by atoms with Gasteiger partial charge in [-0.2, -0.15) is 0 Å². The van der Waals surface area contributed by atoms with Crippen molar-refractivity contribution in [3.05, 3.63) is 21.9 Å². The summed E-state index contributed by atoms with van der Waals surface area (Å²) in [6.45, 7) is 1.96. The molecular formula is C11H14ClNOS. The third-order valence-electron chi connectivity index (χ3n) is 2.82. The molecule has 1 aliphatic rings. The van der Waals surface area contributed by atoms with Crippen molar-refractivity contribution in [2.75, 3.05) is 0 Å². The Hall–Kier alpha value is -0.540. The summed E-state index contributed by atoms with van der Waals surface area (Å²) in [6, 6.07) is 2.12. The van der Waals surface area contributed by atoms with Crippen molar-refractivity contribution in [2.24, 2.45) is 0 Å². The van der Waals surface area contributed by atoms with Crippen molar-refractivity contribution in [3.8, 4) is 0 Å². The van der Waals surface area contributed by atoms with Gasteiger partial charge < -0.3 is 5.32 Å². The van der Waals surface area contributed by atoms with Crippen LogP contribution in [-0.2, 0) is 0 Å². The highest BCUT2D eigenvalue weighted by molar-refractivity contribution is 7.12. The summed E-state index contributed by atoms with van der Waals surface area (Å²) in [4.78, 5) is 12.7. The van der Waals surface area contributed by atoms with Crippen molar-refractivity contribution in [2.45, 2.75) is 37.6 Å². The summed E-state index contributed by atoms with van der Waals surface area (Å²) in [5, 5.41) is 5.06. The normalized spacial score (nSPS) is 25.5. The van der Waals surface area contributed by atoms with E-state index >= 15 is 0 Å². The molecule has 0 saturated heterocycles. The number of hydrogen-bond acceptors (Lipinski definition) is 2. The fourth-order valence-corrected chi connectivity index (χ4v) is 3.09. The van der Waals surface area contributed by atoms with Crippen molar-refractivity contribution in [1.82, 2.24) is 5.32 Å². The van der Waals surface area contributed by atoms with E-state index in [9.17, 15) is 4.79 Å². The minimum absolute atomic E-state index is 0.0278. The summed E-state index contributed by atoms with van der Waals surface area (Å²) in [5.41, 5.74) is 1.04. The van der Waals surface area contributed by atoms with Gasteiger partial charge in [-0.1, -0.05) is 0 Å². The minimum Gasteiger partial charge on any atom is -0.347 e. The predicted molar refractivity (Wildman–Crippen MR) is 63.8 cm³/mol. The topological polar surface area (TPSA) is 29.1 Å². The van der Waals surface area contributed by atoms with Crippen LogP contribution in [0.4, 0.5) is 0 Å². The fraction of sp³-hybridized carbons (Fsp3) is 0.545. The highest BCUT2D eigenvalue weighted by Gasteiger charge is 2.27. The number of amides is 1. The number of carbonyl (C=O) groups excluding carboxylic acids is 1. The van der Waals surface area contributed by atoms with Crippen molar-refractivity contribution < 1.29 is 4.79 Å². The van der Waals surface area contributed by atoms with E-state index in [2.05, 4.69) is 5.32 Å². The third-order valence-corrected chi connectivity index (χ3v) is 4.35. The van der Waals surface area contributed by atoms with Gasteiger partial charge in [0.2, 0.25) is 0 Å². The smallest absolute Gasteiger partial charge is 0.261 e. The Labute approximate surface area is 98.6 Å². The number of rotatable bonds is 2. The Morgan fingerprint density at radius 2 is 2.40 bits per heavy atom. The zero-order valence-corrected chi connectivity index (χ0v) is 10.2. The number of halogens is 1. The molecule has 1 amide bonds. The third kappa shape index (κ3) is 2.34. The molecule has 1 aromatic rings. The molecule has 1 aromatic heterocycles. The van der Waals surface area contributed by atoms with Gasteiger partial charge in [0.05, 0.1) is 10.3 Å². The lowest BCUT2D eigenvalue weighted by Gasteiger charge is -2.15. The van der Waals surface area contributed by atoms with Gasteiger partial charge in [-0.05, 0) is 43.2 Å². The number of aryl methyl sites for hydroxylation is 1. The average molecular weight is 244 g/mol. The SMILES string of the molecule is Cc1ccsc1C(=O)NC1CCCC1Cl. The van der Waals surface area contributed by atoms with E-state index < -0.39 is 0 Å². The zero-order chi connectivity index (χ0) is 10.8. The van der Waals surface area contributed by atoms with E-state index in [1.54, 1.807) is 0 Å². The molecule has 1 fully saturated rings. The number of thiophene rings is 1. The molecule has 1 aliphatic carbocycles. The molecule has 1 saturated carbocycles. The van der Waals surface area contributed by atoms with E-state index in [4.69, 9.17) is 11.6 Å². The maximum Gasteiger partial charge on any atom is 0.261 e. The van der Waals surface area contributed by atoms with Crippen LogP contribution in [0.1, 0.15) is 34.5 Å². The summed E-state index contributed by atoms with van der Waals surface area (Å²) in [7, 11) is 0. The first-order valence-electron chi connectivity index (χ1n) is 5.17. The lowest BCUT2D eigenvalue weighted by atomic mass is 10.2. The molecule has 2 nitrogen and oxygen atoms in total. The second-order valence-corrected chi connectivity index (χ2v) is 5.44. The first kappa shape index (κ1) is 11.0. The maximum atomic E-state index is 11.9. The summed E-state index contributed by atoms with van der Waals surface area (Å²) >= 11 is 7.60. The van der Waals surface area contributed by atoms with Crippen molar-refractivity contribution >= 4 is 28.8 Å². The lowest BCUT2D eigenvalue weighted by molar-refractivity contribution is 0.0942. The first-order chi connectivity index (χ1) is 7.18. The van der Waals surface area contributed by atoms with Crippen LogP contribution >= 0.6 is 22.9 Å². The second-order valence-electron chi connectivity index (χ2n) is 3.96. The van der Waals surface area contributed by atoms with Crippen LogP contribution in [0.5, 0.6) is 0 Å². The summed E-state index contributed by atoms with van der Waals surface area (Å²) < 4.78 is 0. The van der Waals surface area contributed by atoms with Crippen LogP contribution in [0.15, 0.2) is 11.4 Å². The minimum atomic E-state index is 0.0278. The monoisotopic (exact) mass is 243 g/mol. The van der Waals surface area contributed by atoms with Gasteiger partial charge in [-0.15, -0.1) is 22.9 Å². The molecule has 2 rings (SSSR count). The number of carbonyl (C=O) groups is 1. The molecule has 2 atom stereocenters. The van der Waals surface area contributed by atoms with Gasteiger partial charge in [0, 0.05) is 6.04 Å². The maximum absolute atomic E-state index is 11.9. The number of alkyl halides is 1. The molecule has 1 heterocycles. The van der Waals surface area contributed by atoms with E-state index in [-0.39, 0.29) is 17.3 Å². The quantitative estimate of drug-likeness (QED) is 0.795. The second kappa shape index (κ2) is 4.54. The Bertz CT molecular complexity index is 363. The number of nitrogens with one attached hydrogen (secondary N) is 1. The Balaban J connectivity index is 2.01. The largest absolute Gasteiger partial charge is 0.347 e. The lowest BCUT2D eigenvalue weighted by Crippen LogP contribution is -2.37. The molecule has 0 aromatic carbocycles. The Morgan fingerprint density at radius 3 is 2.93 bits per heavy atom. The Morgan fingerprint density at radius 1 is 1.60 bits per heavy atom. The average Bonchev–Trinajstić information content (AvgIpc) is 2.76. The van der Waals surface area contributed by atoms with Crippen LogP contribution in [0.3, 0.4) is 0 Å². The molecule has 2 unspecified atom stereocenters. The molecule has 0 radical (unpaired) electrons. The van der Waals surface area contributed by atoms with Gasteiger partial charge in [-0.25, -0.2) is 0 Å². The fourth-order valence-electron chi connectivity index (χ4n) is 1.92. The van der Waals surface area contributed by atoms with Crippen LogP contribution in [0, 0.1) is 6.92 Å². The molecule has 82 valence electrons. The molecule has 0 spiro atoms. The van der Waals surface area contributed by atoms with Crippen LogP contribution in [0.25, 0.3) is 0 Å². The standard InChI is InChI=1S/C11H14ClNOS/c1-7-5-6-15-10(7)11(14)13-9-4-2-3-8(9)12/h5-6,8-9H,2-4H2,1H3,(H,13,14). The van der Waals surface area contributed by atoms with E-state index in [0.717, 1.165) is 29.7 Å². The highest BCUT2D eigenvalue weighted by atomic mass is 35.5. The van der Waals surface area contributed by atoms with Crippen LogP contribution in [0.2, 0.25) is 0 Å². The highest BCUT2D eigenvalue weighted by Crippen LogP contribution is 2.25. The number of hydrogen-bond donors (Lipinski definition) is 1. The van der Waals surface area contributed by atoms with E-state index in [1.165, 1.54) is 11.3 Å². The molecule has 4 heteroatoms. The van der Waals surface area contributed by atoms with Gasteiger partial charge in [0.1, 0.15) is 0 Å². The Kier molecular flexibility index (Phi) is 3.32. The summed E-state index contributed by atoms with van der Waals surface area (Å²) in [5.74, 6) is 0.0278. The van der Waals surface area contributed by atoms with Gasteiger partial charge in [0.15, 0.2) is 0 Å². The van der Waals surface area contributed by atoms with Gasteiger partial charge in [0.25, 0.3) is 5.91 Å². The summed E-state index contributed by atoms with van der Waals surface area (Å²) in [6.07, 6.45) is 3.13. The first-order valence-corrected chi connectivity index (χ1v) is 6.49. The molecule has 15 heavy (non-hydrogen) atoms. The van der Waals surface area contributed by atoms with E-state index in [0.29, 0.717) is 0 Å². The van der Waals surface area contributed by atoms with Gasteiger partial charge in [-0.3, -0.25) is 4.79 Å². The van der Waals surface area contributed by atoms with Gasteiger partial charge >= 0.3 is 0 Å². The van der Waals surface area contributed by atoms with Crippen molar-refractivity contribution in [1.29, 1.82) is 0 Å². The predicted octanol–water partition coefficient (Wildman–Crippen LogP) is 2.95.